The van der Waals surface area contributed by atoms with Crippen molar-refractivity contribution in [3.05, 3.63) is 51.2 Å². The quantitative estimate of drug-likeness (QED) is 0.793. The minimum atomic E-state index is -0.579. The molecule has 2 rings (SSSR count). The van der Waals surface area contributed by atoms with Crippen molar-refractivity contribution in [3.8, 4) is 0 Å². The molecule has 134 valence electrons. The number of carbonyl (C=O) groups is 2. The fourth-order valence-corrected chi connectivity index (χ4v) is 3.34. The normalized spacial score (nSPS) is 11.8. The molecule has 2 amide bonds. The van der Waals surface area contributed by atoms with E-state index in [9.17, 15) is 14.0 Å². The second kappa shape index (κ2) is 8.71. The van der Waals surface area contributed by atoms with Crippen LogP contribution in [0.3, 0.4) is 0 Å². The van der Waals surface area contributed by atoms with Crippen LogP contribution in [0.1, 0.15) is 51.7 Å². The summed E-state index contributed by atoms with van der Waals surface area (Å²) in [5.41, 5.74) is 0.952. The molecule has 0 fully saturated rings. The first kappa shape index (κ1) is 19.1. The maximum Gasteiger partial charge on any atom is 0.254 e. The van der Waals surface area contributed by atoms with Gasteiger partial charge >= 0.3 is 0 Å². The van der Waals surface area contributed by atoms with Gasteiger partial charge in [-0.05, 0) is 32.4 Å². The molecule has 2 N–H and O–H groups in total. The first-order valence-corrected chi connectivity index (χ1v) is 9.00. The molecule has 0 radical (unpaired) electrons. The fourth-order valence-electron chi connectivity index (χ4n) is 2.28. The molecule has 0 unspecified atom stereocenters. The van der Waals surface area contributed by atoms with E-state index in [4.69, 9.17) is 0 Å². The van der Waals surface area contributed by atoms with Crippen LogP contribution in [0.5, 0.6) is 0 Å². The largest absolute Gasteiger partial charge is 0.351 e. The molecule has 0 bridgehead atoms. The van der Waals surface area contributed by atoms with Gasteiger partial charge < -0.3 is 10.6 Å². The number of carbonyl (C=O) groups excluding carboxylic acids is 2. The highest BCUT2D eigenvalue weighted by Gasteiger charge is 2.17. The number of hydrogen-bond acceptors (Lipinski definition) is 4. The molecule has 2 aromatic rings. The molecule has 0 saturated carbocycles. The van der Waals surface area contributed by atoms with Gasteiger partial charge in [-0.25, -0.2) is 9.37 Å². The summed E-state index contributed by atoms with van der Waals surface area (Å²) in [6.45, 7) is 6.08. The Bertz CT molecular complexity index is 741. The van der Waals surface area contributed by atoms with E-state index in [1.165, 1.54) is 18.2 Å². The number of nitrogens with zero attached hydrogens (tertiary/aromatic N) is 1. The van der Waals surface area contributed by atoms with Crippen LogP contribution in [0.15, 0.2) is 24.3 Å². The monoisotopic (exact) mass is 363 g/mol. The SMILES string of the molecule is CC[C@H](NC(=O)CCNC(=O)c1ccccc1F)c1nc(C)c(C)s1. The van der Waals surface area contributed by atoms with Gasteiger partial charge in [-0.2, -0.15) is 0 Å². The summed E-state index contributed by atoms with van der Waals surface area (Å²) in [5, 5.41) is 6.38. The molecule has 5 nitrogen and oxygen atoms in total. The molecule has 0 spiro atoms. The van der Waals surface area contributed by atoms with Gasteiger partial charge in [0.05, 0.1) is 17.3 Å². The summed E-state index contributed by atoms with van der Waals surface area (Å²) >= 11 is 1.58. The molecular weight excluding hydrogens is 341 g/mol. The van der Waals surface area contributed by atoms with Crippen LogP contribution in [0.2, 0.25) is 0 Å². The Morgan fingerprint density at radius 2 is 2.00 bits per heavy atom. The molecule has 0 aliphatic heterocycles. The third-order valence-corrected chi connectivity index (χ3v) is 5.03. The molecule has 0 aliphatic carbocycles. The predicted molar refractivity (Wildman–Crippen MR) is 96.1 cm³/mol. The zero-order chi connectivity index (χ0) is 18.4. The van der Waals surface area contributed by atoms with Crippen LogP contribution in [-0.2, 0) is 4.79 Å². The van der Waals surface area contributed by atoms with Crippen LogP contribution < -0.4 is 10.6 Å². The second-order valence-electron chi connectivity index (χ2n) is 5.71. The van der Waals surface area contributed by atoms with Crippen molar-refractivity contribution in [2.45, 2.75) is 39.7 Å². The molecule has 7 heteroatoms. The maximum atomic E-state index is 13.5. The van der Waals surface area contributed by atoms with Crippen LogP contribution in [0.4, 0.5) is 4.39 Å². The summed E-state index contributed by atoms with van der Waals surface area (Å²) < 4.78 is 13.5. The molecule has 0 aliphatic rings. The molecule has 1 aromatic heterocycles. The van der Waals surface area contributed by atoms with Gasteiger partial charge in [-0.15, -0.1) is 11.3 Å². The first-order valence-electron chi connectivity index (χ1n) is 8.18. The van der Waals surface area contributed by atoms with Crippen molar-refractivity contribution < 1.29 is 14.0 Å². The number of nitrogens with one attached hydrogen (secondary N) is 2. The Morgan fingerprint density at radius 3 is 2.60 bits per heavy atom. The number of thiazole rings is 1. The van der Waals surface area contributed by atoms with Gasteiger partial charge in [0.25, 0.3) is 5.91 Å². The van der Waals surface area contributed by atoms with E-state index in [-0.39, 0.29) is 30.5 Å². The first-order chi connectivity index (χ1) is 11.9. The lowest BCUT2D eigenvalue weighted by Crippen LogP contribution is -2.33. The van der Waals surface area contributed by atoms with Crippen molar-refractivity contribution in [1.29, 1.82) is 0 Å². The maximum absolute atomic E-state index is 13.5. The predicted octanol–water partition coefficient (Wildman–Crippen LogP) is 3.29. The minimum Gasteiger partial charge on any atom is -0.351 e. The third-order valence-electron chi connectivity index (χ3n) is 3.84. The Kier molecular flexibility index (Phi) is 6.64. The van der Waals surface area contributed by atoms with E-state index in [1.807, 2.05) is 20.8 Å². The number of aromatic nitrogens is 1. The lowest BCUT2D eigenvalue weighted by atomic mass is 10.2. The van der Waals surface area contributed by atoms with E-state index in [2.05, 4.69) is 15.6 Å². The molecule has 1 heterocycles. The number of halogens is 1. The highest BCUT2D eigenvalue weighted by molar-refractivity contribution is 7.11. The Morgan fingerprint density at radius 1 is 1.28 bits per heavy atom. The van der Waals surface area contributed by atoms with Gasteiger partial charge in [0.15, 0.2) is 0 Å². The standard InChI is InChI=1S/C18H22FN3O2S/c1-4-15(18-21-11(2)12(3)25-18)22-16(23)9-10-20-17(24)13-7-5-6-8-14(13)19/h5-8,15H,4,9-10H2,1-3H3,(H,20,24)(H,22,23)/t15-/m0/s1. The van der Waals surface area contributed by atoms with E-state index in [0.29, 0.717) is 0 Å². The van der Waals surface area contributed by atoms with Gasteiger partial charge in [0.2, 0.25) is 5.91 Å². The minimum absolute atomic E-state index is 0.0249. The van der Waals surface area contributed by atoms with Crippen LogP contribution in [0.25, 0.3) is 0 Å². The van der Waals surface area contributed by atoms with Gasteiger partial charge in [-0.1, -0.05) is 19.1 Å². The van der Waals surface area contributed by atoms with E-state index in [0.717, 1.165) is 22.0 Å². The highest BCUT2D eigenvalue weighted by Crippen LogP contribution is 2.24. The summed E-state index contributed by atoms with van der Waals surface area (Å²) in [4.78, 5) is 29.6. The summed E-state index contributed by atoms with van der Waals surface area (Å²) in [6, 6.07) is 5.62. The van der Waals surface area contributed by atoms with Crippen molar-refractivity contribution in [2.75, 3.05) is 6.54 Å². The number of aryl methyl sites for hydroxylation is 2. The zero-order valence-corrected chi connectivity index (χ0v) is 15.4. The van der Waals surface area contributed by atoms with Crippen LogP contribution in [-0.4, -0.2) is 23.3 Å². The summed E-state index contributed by atoms with van der Waals surface area (Å²) in [6.07, 6.45) is 0.861. The van der Waals surface area contributed by atoms with Crippen molar-refractivity contribution in [2.24, 2.45) is 0 Å². The van der Waals surface area contributed by atoms with Crippen molar-refractivity contribution >= 4 is 23.2 Å². The Hall–Kier alpha value is -2.28. The molecular formula is C18H22FN3O2S. The highest BCUT2D eigenvalue weighted by atomic mass is 32.1. The van der Waals surface area contributed by atoms with Crippen LogP contribution in [0, 0.1) is 19.7 Å². The second-order valence-corrected chi connectivity index (χ2v) is 6.94. The lowest BCUT2D eigenvalue weighted by Gasteiger charge is -2.14. The topological polar surface area (TPSA) is 71.1 Å². The van der Waals surface area contributed by atoms with E-state index >= 15 is 0 Å². The smallest absolute Gasteiger partial charge is 0.254 e. The summed E-state index contributed by atoms with van der Waals surface area (Å²) in [7, 11) is 0. The van der Waals surface area contributed by atoms with Crippen LogP contribution >= 0.6 is 11.3 Å². The Balaban J connectivity index is 1.83. The van der Waals surface area contributed by atoms with Gasteiger partial charge in [0.1, 0.15) is 10.8 Å². The van der Waals surface area contributed by atoms with Crippen molar-refractivity contribution in [3.63, 3.8) is 0 Å². The zero-order valence-electron chi connectivity index (χ0n) is 14.6. The fraction of sp³-hybridized carbons (Fsp3) is 0.389. The Labute approximate surface area is 150 Å². The molecule has 1 aromatic carbocycles. The van der Waals surface area contributed by atoms with E-state index in [1.54, 1.807) is 17.4 Å². The van der Waals surface area contributed by atoms with Gasteiger partial charge in [0, 0.05) is 17.8 Å². The molecule has 0 saturated heterocycles. The lowest BCUT2D eigenvalue weighted by molar-refractivity contribution is -0.121. The third kappa shape index (κ3) is 5.09. The summed E-state index contributed by atoms with van der Waals surface area (Å²) in [5.74, 6) is -1.28. The number of benzene rings is 1. The number of amides is 2. The number of hydrogen-bond donors (Lipinski definition) is 2. The number of rotatable bonds is 7. The average molecular weight is 363 g/mol. The van der Waals surface area contributed by atoms with E-state index < -0.39 is 11.7 Å². The van der Waals surface area contributed by atoms with Crippen molar-refractivity contribution in [1.82, 2.24) is 15.6 Å². The average Bonchev–Trinajstić information content (AvgIpc) is 2.91. The molecule has 1 atom stereocenters. The van der Waals surface area contributed by atoms with Gasteiger partial charge in [-0.3, -0.25) is 9.59 Å². The molecule has 25 heavy (non-hydrogen) atoms.